The fourth-order valence-corrected chi connectivity index (χ4v) is 19.4. The predicted octanol–water partition coefficient (Wildman–Crippen LogP) is 8.36. The number of rotatable bonds is 22. The number of aliphatic carboxylic acids is 1. The molecule has 6 aromatic heterocycles. The maximum Gasteiger partial charge on any atom is 0.357 e. The molecule has 9 aliphatic rings. The van der Waals surface area contributed by atoms with E-state index in [-0.39, 0.29) is 105 Å². The lowest BCUT2D eigenvalue weighted by molar-refractivity contribution is -0.138. The van der Waals surface area contributed by atoms with Crippen LogP contribution < -0.4 is 30.7 Å². The summed E-state index contributed by atoms with van der Waals surface area (Å²) in [6.45, 7) is 5.73. The molecular formula is C79H72Cl3F3N22O16S4. The van der Waals surface area contributed by atoms with Gasteiger partial charge in [0.15, 0.2) is 54.9 Å². The number of piperazine rings is 3. The van der Waals surface area contributed by atoms with E-state index >= 15 is 0 Å². The Hall–Kier alpha value is -12.6. The van der Waals surface area contributed by atoms with E-state index in [2.05, 4.69) is 60.7 Å². The minimum Gasteiger partial charge on any atom is -0.480 e. The number of halogens is 6. The zero-order valence-corrected chi connectivity index (χ0v) is 72.3. The van der Waals surface area contributed by atoms with Crippen LogP contribution >= 0.6 is 80.1 Å². The third kappa shape index (κ3) is 18.6. The first kappa shape index (κ1) is 87.9. The number of carboxylic acid groups (broad SMARTS) is 3. The first-order valence-electron chi connectivity index (χ1n) is 38.8. The number of carbonyl (C=O) groups is 9. The molecule has 0 saturated carbocycles. The molecule has 0 spiro atoms. The highest BCUT2D eigenvalue weighted by Crippen LogP contribution is 2.43. The Balaban J connectivity index is 0.000000140. The molecule has 18 rings (SSSR count). The van der Waals surface area contributed by atoms with Crippen molar-refractivity contribution in [2.45, 2.75) is 42.8 Å². The monoisotopic (exact) mass is 1870 g/mol. The second-order valence-corrected chi connectivity index (χ2v) is 34.3. The van der Waals surface area contributed by atoms with E-state index in [1.165, 1.54) is 136 Å². The molecule has 6 atom stereocenters. The molecule has 9 aliphatic heterocycles. The summed E-state index contributed by atoms with van der Waals surface area (Å²) in [5.74, 6) is -5.11. The van der Waals surface area contributed by atoms with Gasteiger partial charge in [0.1, 0.15) is 48.4 Å². The lowest BCUT2D eigenvalue weighted by atomic mass is 9.95. The van der Waals surface area contributed by atoms with Crippen molar-refractivity contribution >= 4 is 169 Å². The molecule has 6 N–H and O–H groups in total. The Morgan fingerprint density at radius 3 is 1.24 bits per heavy atom. The summed E-state index contributed by atoms with van der Waals surface area (Å²) in [5.41, 5.74) is 3.22. The van der Waals surface area contributed by atoms with Gasteiger partial charge in [-0.3, -0.25) is 49.0 Å². The molecule has 6 fully saturated rings. The third-order valence-electron chi connectivity index (χ3n) is 21.8. The lowest BCUT2D eigenvalue weighted by Crippen LogP contribution is -2.53. The molecule has 0 unspecified atom stereocenters. The number of nitrogens with zero attached hydrogens (tertiary/aromatic N) is 19. The maximum atomic E-state index is 13.9. The Bertz CT molecular complexity index is 5800. The molecule has 15 heterocycles. The van der Waals surface area contributed by atoms with Gasteiger partial charge in [-0.15, -0.1) is 45.3 Å². The first-order valence-corrected chi connectivity index (χ1v) is 43.4. The van der Waals surface area contributed by atoms with E-state index in [4.69, 9.17) is 78.6 Å². The van der Waals surface area contributed by atoms with Gasteiger partial charge in [-0.05, 0) is 36.4 Å². The largest absolute Gasteiger partial charge is 0.480 e. The zero-order valence-electron chi connectivity index (χ0n) is 66.8. The number of thiazole rings is 4. The summed E-state index contributed by atoms with van der Waals surface area (Å²) in [5, 5.41) is 50.8. The normalized spacial score (nSPS) is 20.8. The fourth-order valence-electron chi connectivity index (χ4n) is 16.0. The SMILES string of the molecule is COC(=O)C1=C(CN2CCN3C(=O)N(c4ccn(CC(=O)O)n4)C[C@@H]3C2)NC(c2nccs2)=N[C@H]1c1ccc(F)cc1Cl.COC(=O)C1=C(CN2CCN3C(=O)N(c4nc(C(=O)O)co4)C[C@@H]3C2)NC(c2nccs2)=N[C@H]1c1ccc(F)cc1Cl.COC(=O)C1=C(CN2CCN3C(=O)N(c4nc(C(=O)O)cs4)C[C@@H]3C2)NC(c2nccs2)=N[C@H]1c1ccc(F)cc1Cl. The van der Waals surface area contributed by atoms with Crippen LogP contribution in [0.2, 0.25) is 15.1 Å². The number of esters is 3. The quantitative estimate of drug-likeness (QED) is 0.0274. The smallest absolute Gasteiger partial charge is 0.357 e. The maximum absolute atomic E-state index is 13.9. The predicted molar refractivity (Wildman–Crippen MR) is 456 cm³/mol. The van der Waals surface area contributed by atoms with Crippen LogP contribution in [0.25, 0.3) is 0 Å². The van der Waals surface area contributed by atoms with Gasteiger partial charge in [0.05, 0.1) is 75.8 Å². The fraction of sp³-hybridized carbons (Fsp3) is 0.316. The molecule has 3 aromatic carbocycles. The summed E-state index contributed by atoms with van der Waals surface area (Å²) >= 11 is 24.5. The number of hydrogen-bond donors (Lipinski definition) is 6. The van der Waals surface area contributed by atoms with E-state index < -0.39 is 71.4 Å². The highest BCUT2D eigenvalue weighted by Gasteiger charge is 2.48. The molecule has 9 aromatic rings. The van der Waals surface area contributed by atoms with Crippen molar-refractivity contribution in [2.75, 3.05) is 134 Å². The van der Waals surface area contributed by atoms with Crippen molar-refractivity contribution in [2.24, 2.45) is 15.0 Å². The topological polar surface area (TPSA) is 440 Å². The summed E-state index contributed by atoms with van der Waals surface area (Å²) in [6.07, 6.45) is 7.46. The Morgan fingerprint density at radius 1 is 0.496 bits per heavy atom. The minimum absolute atomic E-state index is 0.0775. The Kier molecular flexibility index (Phi) is 26.0. The van der Waals surface area contributed by atoms with Gasteiger partial charge in [0, 0.05) is 180 Å². The average molecular weight is 1880 g/mol. The number of carboxylic acids is 3. The standard InChI is InChI=1S/C27H26ClFN8O5S.C26H23ClFN7O6S.C26H23ClFN7O5S2/c1-42-26(40)22-19(31-24(25-30-5-9-43-25)32-23(22)17-3-2-15(29)10-18(17)28)13-34-7-8-36-16(11-34)12-37(27(36)41)20-4-6-35(33-20)14-21(38)39;1-40-24(38)19-17(30-21(22-29-4-7-42-22)32-20(19)15-3-2-13(28)8-16(15)27)11-33-5-6-34-14(9-33)10-35(26(34)39)25-31-18(12-41-25)23(36)37;1-40-24(38)19-17(30-21(22-29-4-7-41-22)32-20(19)15-3-2-13(28)8-16(15)27)11-33-5-6-34-14(9-33)10-35(26(34)39)25-31-18(12-42-25)23(36)37/h2-6,9-10,16,23H,7-8,11-14H2,1H3,(H,31,32)(H,38,39);2*2-4,7-8,12,14,20H,5-6,9-11H2,1H3,(H,30,32)(H,36,37)/t16-,23-;2*14-,20-/m000/s1. The molecule has 38 nitrogen and oxygen atoms in total. The van der Waals surface area contributed by atoms with Crippen molar-refractivity contribution < 1.29 is 90.3 Å². The summed E-state index contributed by atoms with van der Waals surface area (Å²) in [4.78, 5) is 164. The molecular weight excluding hydrogens is 1800 g/mol. The lowest BCUT2D eigenvalue weighted by Gasteiger charge is -2.38. The van der Waals surface area contributed by atoms with Gasteiger partial charge in [0.25, 0.3) is 0 Å². The number of fused-ring (bicyclic) bond motifs is 3. The van der Waals surface area contributed by atoms with Crippen LogP contribution in [0.15, 0.2) is 166 Å². The molecule has 0 bridgehead atoms. The molecule has 48 heteroatoms. The van der Waals surface area contributed by atoms with Crippen molar-refractivity contribution in [1.82, 2.24) is 80.1 Å². The number of benzene rings is 3. The van der Waals surface area contributed by atoms with Crippen LogP contribution in [-0.4, -0.2) is 288 Å². The number of methoxy groups -OCH3 is 3. The first-order chi connectivity index (χ1) is 61.2. The molecule has 0 aliphatic carbocycles. The molecule has 127 heavy (non-hydrogen) atoms. The van der Waals surface area contributed by atoms with E-state index in [0.29, 0.717) is 162 Å². The number of aromatic carboxylic acids is 2. The highest BCUT2D eigenvalue weighted by molar-refractivity contribution is 7.14. The molecule has 660 valence electrons. The minimum atomic E-state index is -1.25. The third-order valence-corrected chi connectivity index (χ3v) is 26.0. The summed E-state index contributed by atoms with van der Waals surface area (Å²) in [7, 11) is 3.83. The number of aliphatic imine (C=N–C) groups is 3. The average Bonchev–Trinajstić information content (AvgIpc) is 1.71. The number of urea groups is 3. The van der Waals surface area contributed by atoms with Crippen LogP contribution in [0.4, 0.5) is 44.5 Å². The molecule has 0 radical (unpaired) electrons. The van der Waals surface area contributed by atoms with Gasteiger partial charge >= 0.3 is 59.9 Å². The van der Waals surface area contributed by atoms with Crippen LogP contribution in [-0.2, 0) is 39.9 Å². The van der Waals surface area contributed by atoms with E-state index in [1.807, 2.05) is 10.8 Å². The number of nitrogens with one attached hydrogen (secondary N) is 3. The highest BCUT2D eigenvalue weighted by atomic mass is 35.5. The van der Waals surface area contributed by atoms with E-state index in [9.17, 15) is 61.4 Å². The Morgan fingerprint density at radius 2 is 0.882 bits per heavy atom. The van der Waals surface area contributed by atoms with Gasteiger partial charge in [-0.25, -0.2) is 76.4 Å². The van der Waals surface area contributed by atoms with Crippen LogP contribution in [0.3, 0.4) is 0 Å². The van der Waals surface area contributed by atoms with Gasteiger partial charge < -0.3 is 64.6 Å². The van der Waals surface area contributed by atoms with E-state index in [0.717, 1.165) is 17.6 Å². The summed E-state index contributed by atoms with van der Waals surface area (Å²) in [6, 6.07) is 9.39. The number of carbonyl (C=O) groups excluding carboxylic acids is 6. The molecule has 6 amide bonds. The van der Waals surface area contributed by atoms with E-state index in [1.54, 1.807) is 49.6 Å². The number of oxazole rings is 1. The zero-order chi connectivity index (χ0) is 89.3. The van der Waals surface area contributed by atoms with Gasteiger partial charge in [-0.2, -0.15) is 10.1 Å². The van der Waals surface area contributed by atoms with Crippen molar-refractivity contribution in [3.63, 3.8) is 0 Å². The number of hydrogen-bond acceptors (Lipinski definition) is 32. The second-order valence-electron chi connectivity index (χ2n) is 29.5. The number of aromatic nitrogens is 7. The second kappa shape index (κ2) is 37.5. The molecule has 6 saturated heterocycles. The number of anilines is 3. The van der Waals surface area contributed by atoms with Crippen LogP contribution in [0.1, 0.15) is 70.8 Å². The van der Waals surface area contributed by atoms with Crippen molar-refractivity contribution in [1.29, 1.82) is 0 Å². The van der Waals surface area contributed by atoms with Gasteiger partial charge in [-0.1, -0.05) is 53.0 Å². The number of amides is 6. The van der Waals surface area contributed by atoms with Crippen LogP contribution in [0, 0.1) is 17.5 Å². The van der Waals surface area contributed by atoms with Crippen molar-refractivity contribution in [3.8, 4) is 0 Å². The summed E-state index contributed by atoms with van der Waals surface area (Å²) < 4.78 is 63.8. The number of ether oxygens (including phenoxy) is 3. The van der Waals surface area contributed by atoms with Crippen LogP contribution in [0.5, 0.6) is 0 Å². The Labute approximate surface area is 748 Å². The van der Waals surface area contributed by atoms with Gasteiger partial charge in [0.2, 0.25) is 0 Å². The number of amidine groups is 3. The van der Waals surface area contributed by atoms with Crippen molar-refractivity contribution in [3.05, 3.63) is 223 Å².